The quantitative estimate of drug-likeness (QED) is 0.551. The summed E-state index contributed by atoms with van der Waals surface area (Å²) in [5.41, 5.74) is 6.07. The van der Waals surface area contributed by atoms with Crippen molar-refractivity contribution < 1.29 is 14.4 Å². The van der Waals surface area contributed by atoms with Crippen molar-refractivity contribution >= 4 is 40.4 Å². The molecule has 166 valence electrons. The Balaban J connectivity index is 1.79. The Morgan fingerprint density at radius 1 is 0.788 bits per heavy atom. The fraction of sp³-hybridized carbons (Fsp3) is 0.148. The molecule has 0 unspecified atom stereocenters. The Hall–Kier alpha value is -4.19. The molecule has 0 aromatic heterocycles. The van der Waals surface area contributed by atoms with Crippen molar-refractivity contribution in [3.05, 3.63) is 94.7 Å². The molecule has 4 rings (SSSR count). The second kappa shape index (κ2) is 8.74. The van der Waals surface area contributed by atoms with Crippen LogP contribution in [0.25, 0.3) is 5.57 Å². The van der Waals surface area contributed by atoms with Gasteiger partial charge in [0, 0.05) is 18.3 Å². The van der Waals surface area contributed by atoms with Gasteiger partial charge < -0.3 is 10.6 Å². The molecule has 6 nitrogen and oxygen atoms in total. The first kappa shape index (κ1) is 22.0. The van der Waals surface area contributed by atoms with Crippen LogP contribution in [0.15, 0.2) is 72.4 Å². The molecule has 3 aromatic rings. The molecule has 1 heterocycles. The van der Waals surface area contributed by atoms with Crippen LogP contribution in [0.1, 0.15) is 29.2 Å². The van der Waals surface area contributed by atoms with E-state index in [0.29, 0.717) is 22.5 Å². The SMILES string of the molecule is CC(=O)Nc1ccc(N2C(=O)C(Nc3cccc(C)c3)=C(c3ccc(C)cc3C)C2=O)cc1. The van der Waals surface area contributed by atoms with Gasteiger partial charge in [-0.1, -0.05) is 35.9 Å². The topological polar surface area (TPSA) is 78.5 Å². The number of rotatable bonds is 5. The first-order chi connectivity index (χ1) is 15.7. The second-order valence-corrected chi connectivity index (χ2v) is 8.24. The van der Waals surface area contributed by atoms with E-state index >= 15 is 0 Å². The zero-order chi connectivity index (χ0) is 23.7. The third-order valence-electron chi connectivity index (χ3n) is 5.47. The summed E-state index contributed by atoms with van der Waals surface area (Å²) >= 11 is 0. The lowest BCUT2D eigenvalue weighted by Crippen LogP contribution is -2.32. The number of anilines is 3. The molecule has 0 aliphatic carbocycles. The van der Waals surface area contributed by atoms with Gasteiger partial charge in [-0.25, -0.2) is 4.90 Å². The van der Waals surface area contributed by atoms with Crippen molar-refractivity contribution in [3.8, 4) is 0 Å². The molecule has 0 saturated carbocycles. The summed E-state index contributed by atoms with van der Waals surface area (Å²) in [6, 6.07) is 20.1. The minimum atomic E-state index is -0.427. The lowest BCUT2D eigenvalue weighted by Gasteiger charge is -2.16. The number of nitrogens with one attached hydrogen (secondary N) is 2. The molecule has 1 aliphatic rings. The lowest BCUT2D eigenvalue weighted by molar-refractivity contribution is -0.120. The Labute approximate surface area is 192 Å². The highest BCUT2D eigenvalue weighted by Gasteiger charge is 2.40. The number of aryl methyl sites for hydroxylation is 3. The van der Waals surface area contributed by atoms with E-state index < -0.39 is 11.8 Å². The van der Waals surface area contributed by atoms with Gasteiger partial charge in [0.15, 0.2) is 0 Å². The molecule has 0 fully saturated rings. The molecule has 0 spiro atoms. The first-order valence-corrected chi connectivity index (χ1v) is 10.7. The highest BCUT2D eigenvalue weighted by atomic mass is 16.2. The van der Waals surface area contributed by atoms with Crippen molar-refractivity contribution in [2.75, 3.05) is 15.5 Å². The Morgan fingerprint density at radius 2 is 1.48 bits per heavy atom. The van der Waals surface area contributed by atoms with Gasteiger partial charge in [-0.05, 0) is 73.9 Å². The van der Waals surface area contributed by atoms with E-state index in [2.05, 4.69) is 10.6 Å². The maximum Gasteiger partial charge on any atom is 0.282 e. The molecule has 0 atom stereocenters. The second-order valence-electron chi connectivity index (χ2n) is 8.24. The molecule has 2 N–H and O–H groups in total. The minimum Gasteiger partial charge on any atom is -0.350 e. The van der Waals surface area contributed by atoms with Crippen molar-refractivity contribution in [3.63, 3.8) is 0 Å². The van der Waals surface area contributed by atoms with E-state index in [-0.39, 0.29) is 11.6 Å². The number of amides is 3. The summed E-state index contributed by atoms with van der Waals surface area (Å²) in [6.07, 6.45) is 0. The fourth-order valence-electron chi connectivity index (χ4n) is 3.99. The van der Waals surface area contributed by atoms with Crippen LogP contribution in [0.4, 0.5) is 17.1 Å². The number of hydrogen-bond donors (Lipinski definition) is 2. The molecule has 0 radical (unpaired) electrons. The van der Waals surface area contributed by atoms with E-state index in [1.54, 1.807) is 24.3 Å². The average Bonchev–Trinajstić information content (AvgIpc) is 2.98. The van der Waals surface area contributed by atoms with Crippen LogP contribution in [-0.2, 0) is 14.4 Å². The molecule has 3 amide bonds. The number of benzene rings is 3. The zero-order valence-electron chi connectivity index (χ0n) is 19.0. The Kier molecular flexibility index (Phi) is 5.84. The fourth-order valence-corrected chi connectivity index (χ4v) is 3.99. The zero-order valence-corrected chi connectivity index (χ0v) is 19.0. The van der Waals surface area contributed by atoms with Crippen molar-refractivity contribution in [1.29, 1.82) is 0 Å². The summed E-state index contributed by atoms with van der Waals surface area (Å²) in [5, 5.41) is 5.89. The van der Waals surface area contributed by atoms with Gasteiger partial charge in [-0.15, -0.1) is 0 Å². The van der Waals surface area contributed by atoms with Gasteiger partial charge in [-0.2, -0.15) is 0 Å². The monoisotopic (exact) mass is 439 g/mol. The standard InChI is InChI=1S/C27H25N3O3/c1-16-6-5-7-21(15-16)29-25-24(23-13-8-17(2)14-18(23)3)26(32)30(27(25)33)22-11-9-20(10-12-22)28-19(4)31/h5-15,29H,1-4H3,(H,28,31). The van der Waals surface area contributed by atoms with Crippen LogP contribution < -0.4 is 15.5 Å². The summed E-state index contributed by atoms with van der Waals surface area (Å²) in [7, 11) is 0. The van der Waals surface area contributed by atoms with Crippen LogP contribution in [0.3, 0.4) is 0 Å². The number of nitrogens with zero attached hydrogens (tertiary/aromatic N) is 1. The molecular formula is C27H25N3O3. The van der Waals surface area contributed by atoms with Crippen LogP contribution >= 0.6 is 0 Å². The maximum absolute atomic E-state index is 13.6. The summed E-state index contributed by atoms with van der Waals surface area (Å²) in [4.78, 5) is 39.6. The lowest BCUT2D eigenvalue weighted by atomic mass is 9.97. The van der Waals surface area contributed by atoms with E-state index in [1.165, 1.54) is 11.8 Å². The van der Waals surface area contributed by atoms with Gasteiger partial charge in [0.2, 0.25) is 5.91 Å². The molecular weight excluding hydrogens is 414 g/mol. The third kappa shape index (κ3) is 4.41. The van der Waals surface area contributed by atoms with Crippen LogP contribution in [0.5, 0.6) is 0 Å². The molecule has 6 heteroatoms. The Bertz CT molecular complexity index is 1310. The highest BCUT2D eigenvalue weighted by Crippen LogP contribution is 2.35. The number of carbonyl (C=O) groups is 3. The van der Waals surface area contributed by atoms with Gasteiger partial charge in [0.05, 0.1) is 11.3 Å². The van der Waals surface area contributed by atoms with Crippen LogP contribution in [0.2, 0.25) is 0 Å². The summed E-state index contributed by atoms with van der Waals surface area (Å²) in [5.74, 6) is -1.02. The summed E-state index contributed by atoms with van der Waals surface area (Å²) < 4.78 is 0. The highest BCUT2D eigenvalue weighted by molar-refractivity contribution is 6.46. The van der Waals surface area contributed by atoms with Gasteiger partial charge >= 0.3 is 0 Å². The Morgan fingerprint density at radius 3 is 2.12 bits per heavy atom. The number of hydrogen-bond acceptors (Lipinski definition) is 4. The van der Waals surface area contributed by atoms with E-state index in [1.807, 2.05) is 63.2 Å². The largest absolute Gasteiger partial charge is 0.350 e. The molecule has 0 saturated heterocycles. The van der Waals surface area contributed by atoms with Crippen molar-refractivity contribution in [2.45, 2.75) is 27.7 Å². The molecule has 1 aliphatic heterocycles. The predicted molar refractivity (Wildman–Crippen MR) is 131 cm³/mol. The molecule has 33 heavy (non-hydrogen) atoms. The summed E-state index contributed by atoms with van der Waals surface area (Å²) in [6.45, 7) is 7.31. The van der Waals surface area contributed by atoms with Gasteiger partial charge in [-0.3, -0.25) is 14.4 Å². The third-order valence-corrected chi connectivity index (χ3v) is 5.47. The minimum absolute atomic E-state index is 0.195. The number of imide groups is 1. The smallest absolute Gasteiger partial charge is 0.282 e. The molecule has 0 bridgehead atoms. The first-order valence-electron chi connectivity index (χ1n) is 10.7. The van der Waals surface area contributed by atoms with Crippen LogP contribution in [0, 0.1) is 20.8 Å². The molecule has 3 aromatic carbocycles. The van der Waals surface area contributed by atoms with Gasteiger partial charge in [0.25, 0.3) is 11.8 Å². The normalized spacial score (nSPS) is 13.5. The van der Waals surface area contributed by atoms with E-state index in [0.717, 1.165) is 22.4 Å². The van der Waals surface area contributed by atoms with E-state index in [9.17, 15) is 14.4 Å². The predicted octanol–water partition coefficient (Wildman–Crippen LogP) is 4.97. The van der Waals surface area contributed by atoms with E-state index in [4.69, 9.17) is 0 Å². The number of carbonyl (C=O) groups excluding carboxylic acids is 3. The van der Waals surface area contributed by atoms with Gasteiger partial charge in [0.1, 0.15) is 5.70 Å². The average molecular weight is 440 g/mol. The van der Waals surface area contributed by atoms with Crippen molar-refractivity contribution in [1.82, 2.24) is 0 Å². The van der Waals surface area contributed by atoms with Crippen molar-refractivity contribution in [2.24, 2.45) is 0 Å². The van der Waals surface area contributed by atoms with Crippen LogP contribution in [-0.4, -0.2) is 17.7 Å². The maximum atomic E-state index is 13.6.